The van der Waals surface area contributed by atoms with Gasteiger partial charge in [-0.15, -0.1) is 13.2 Å². The van der Waals surface area contributed by atoms with Crippen molar-refractivity contribution in [3.63, 3.8) is 0 Å². The highest BCUT2D eigenvalue weighted by molar-refractivity contribution is 6.09. The highest BCUT2D eigenvalue weighted by atomic mass is 19.4. The first-order valence-electron chi connectivity index (χ1n) is 13.8. The van der Waals surface area contributed by atoms with Crippen molar-refractivity contribution in [1.82, 2.24) is 20.4 Å². The summed E-state index contributed by atoms with van der Waals surface area (Å²) < 4.78 is 124. The number of carbonyl (C=O) groups excluding carboxylic acids is 2. The van der Waals surface area contributed by atoms with Crippen molar-refractivity contribution in [3.8, 4) is 5.75 Å². The van der Waals surface area contributed by atoms with E-state index in [0.717, 1.165) is 46.9 Å². The van der Waals surface area contributed by atoms with Crippen LogP contribution in [0.15, 0.2) is 66.6 Å². The molecule has 1 aromatic heterocycles. The smallest absolute Gasteiger partial charge is 0.406 e. The number of nitrogens with one attached hydrogen (secondary N) is 2. The molecule has 2 N–H and O–H groups in total. The van der Waals surface area contributed by atoms with Gasteiger partial charge in [-0.2, -0.15) is 31.4 Å². The van der Waals surface area contributed by atoms with E-state index in [4.69, 9.17) is 0 Å². The van der Waals surface area contributed by atoms with Gasteiger partial charge in [0.25, 0.3) is 11.8 Å². The molecule has 4 rings (SSSR count). The minimum Gasteiger partial charge on any atom is -0.406 e. The molecule has 16 heteroatoms. The Morgan fingerprint density at radius 1 is 0.957 bits per heavy atom. The molecule has 3 aromatic rings. The van der Waals surface area contributed by atoms with Crippen LogP contribution >= 0.6 is 0 Å². The number of aryl methyl sites for hydroxylation is 2. The SMILES string of the molecule is Cc1ccc(C2=C(NC(=O)c3ccc(OC(F)(F)F)cc3)C(=O)NC(c3cnn(CCCCCC(F)(F)F)c3)(C(F)(F)F)C2)cc1. The summed E-state index contributed by atoms with van der Waals surface area (Å²) in [5, 5.41) is 8.24. The number of halogens is 9. The lowest BCUT2D eigenvalue weighted by molar-refractivity contribution is -0.274. The molecule has 46 heavy (non-hydrogen) atoms. The van der Waals surface area contributed by atoms with Crippen LogP contribution in [0.4, 0.5) is 39.5 Å². The van der Waals surface area contributed by atoms with Gasteiger partial charge in [0.15, 0.2) is 5.54 Å². The van der Waals surface area contributed by atoms with E-state index in [-0.39, 0.29) is 42.5 Å². The summed E-state index contributed by atoms with van der Waals surface area (Å²) in [5.41, 5.74) is -3.36. The van der Waals surface area contributed by atoms with Crippen LogP contribution in [0.5, 0.6) is 5.75 Å². The van der Waals surface area contributed by atoms with Gasteiger partial charge in [-0.05, 0) is 55.2 Å². The minimum atomic E-state index is -5.08. The summed E-state index contributed by atoms with van der Waals surface area (Å²) in [7, 11) is 0. The molecule has 248 valence electrons. The second-order valence-corrected chi connectivity index (χ2v) is 10.7. The zero-order valence-corrected chi connectivity index (χ0v) is 24.0. The Balaban J connectivity index is 1.65. The van der Waals surface area contributed by atoms with Crippen LogP contribution in [0, 0.1) is 6.92 Å². The van der Waals surface area contributed by atoms with Crippen molar-refractivity contribution < 1.29 is 53.8 Å². The molecule has 0 saturated heterocycles. The predicted octanol–water partition coefficient (Wildman–Crippen LogP) is 7.33. The molecule has 1 aliphatic rings. The van der Waals surface area contributed by atoms with Crippen LogP contribution in [-0.2, 0) is 16.9 Å². The fourth-order valence-corrected chi connectivity index (χ4v) is 4.91. The number of ether oxygens (including phenoxy) is 1. The quantitative estimate of drug-likeness (QED) is 0.176. The standard InChI is InChI=1S/C30H27F9N4O3/c1-18-5-7-19(8-6-18)23-15-27(29(34,35)36,21-16-40-43(17-21)14-4-2-3-13-28(31,32)33)42-26(45)24(23)41-25(44)20-9-11-22(12-10-20)46-30(37,38)39/h5-12,16-17H,2-4,13-15H2,1H3,(H,41,44)(H,42,45). The molecule has 0 bridgehead atoms. The number of benzene rings is 2. The van der Waals surface area contributed by atoms with Crippen LogP contribution in [-0.4, -0.2) is 40.3 Å². The van der Waals surface area contributed by atoms with Crippen LogP contribution in [0.25, 0.3) is 5.57 Å². The lowest BCUT2D eigenvalue weighted by Gasteiger charge is -2.40. The Morgan fingerprint density at radius 3 is 2.20 bits per heavy atom. The van der Waals surface area contributed by atoms with Crippen molar-refractivity contribution in [2.75, 3.05) is 0 Å². The summed E-state index contributed by atoms with van der Waals surface area (Å²) in [6.45, 7) is 1.77. The van der Waals surface area contributed by atoms with Gasteiger partial charge in [0.2, 0.25) is 0 Å². The van der Waals surface area contributed by atoms with Crippen molar-refractivity contribution in [1.29, 1.82) is 0 Å². The van der Waals surface area contributed by atoms with Crippen LogP contribution in [0.3, 0.4) is 0 Å². The summed E-state index contributed by atoms with van der Waals surface area (Å²) in [6.07, 6.45) is -14.0. The van der Waals surface area contributed by atoms with E-state index in [0.29, 0.717) is 0 Å². The molecule has 0 radical (unpaired) electrons. The summed E-state index contributed by atoms with van der Waals surface area (Å²) >= 11 is 0. The Bertz CT molecular complexity index is 1580. The molecular formula is C30H27F9N4O3. The van der Waals surface area contributed by atoms with Crippen molar-refractivity contribution >= 4 is 17.4 Å². The average Bonchev–Trinajstić information content (AvgIpc) is 3.42. The van der Waals surface area contributed by atoms with Crippen LogP contribution in [0.2, 0.25) is 0 Å². The fourth-order valence-electron chi connectivity index (χ4n) is 4.91. The number of amides is 2. The van der Waals surface area contributed by atoms with E-state index in [9.17, 15) is 49.1 Å². The molecule has 7 nitrogen and oxygen atoms in total. The lowest BCUT2D eigenvalue weighted by atomic mass is 9.78. The largest absolute Gasteiger partial charge is 0.573 e. The zero-order chi connectivity index (χ0) is 33.9. The van der Waals surface area contributed by atoms with Crippen LogP contribution in [0.1, 0.15) is 59.2 Å². The molecule has 2 heterocycles. The maximum Gasteiger partial charge on any atom is 0.573 e. The van der Waals surface area contributed by atoms with Gasteiger partial charge in [-0.25, -0.2) is 0 Å². The number of aromatic nitrogens is 2. The average molecular weight is 663 g/mol. The van der Waals surface area contributed by atoms with E-state index in [1.165, 1.54) is 12.1 Å². The number of hydrogen-bond donors (Lipinski definition) is 2. The predicted molar refractivity (Wildman–Crippen MR) is 146 cm³/mol. The Kier molecular flexibility index (Phi) is 9.78. The number of alkyl halides is 9. The highest BCUT2D eigenvalue weighted by Gasteiger charge is 2.60. The molecule has 0 fully saturated rings. The van der Waals surface area contributed by atoms with E-state index in [1.807, 2.05) is 5.32 Å². The first-order chi connectivity index (χ1) is 21.4. The number of nitrogens with zero attached hydrogens (tertiary/aromatic N) is 2. The van der Waals surface area contributed by atoms with Crippen molar-refractivity contribution in [2.24, 2.45) is 0 Å². The number of hydrogen-bond acceptors (Lipinski definition) is 4. The summed E-state index contributed by atoms with van der Waals surface area (Å²) in [4.78, 5) is 26.5. The Hall–Kier alpha value is -4.50. The van der Waals surface area contributed by atoms with Crippen molar-refractivity contribution in [2.45, 2.75) is 69.8 Å². The van der Waals surface area contributed by atoms with E-state index in [2.05, 4.69) is 15.2 Å². The van der Waals surface area contributed by atoms with Gasteiger partial charge in [0.1, 0.15) is 11.4 Å². The van der Waals surface area contributed by atoms with Gasteiger partial charge < -0.3 is 15.4 Å². The van der Waals surface area contributed by atoms with E-state index in [1.54, 1.807) is 19.1 Å². The first kappa shape index (κ1) is 34.4. The van der Waals surface area contributed by atoms with Gasteiger partial charge in [-0.3, -0.25) is 14.3 Å². The molecule has 1 aliphatic heterocycles. The fraction of sp³-hybridized carbons (Fsp3) is 0.367. The molecule has 2 aromatic carbocycles. The second-order valence-electron chi connectivity index (χ2n) is 10.7. The molecule has 0 aliphatic carbocycles. The third-order valence-corrected chi connectivity index (χ3v) is 7.24. The zero-order valence-electron chi connectivity index (χ0n) is 24.0. The summed E-state index contributed by atoms with van der Waals surface area (Å²) in [6, 6.07) is 9.85. The number of unbranched alkanes of at least 4 members (excludes halogenated alkanes) is 2. The first-order valence-corrected chi connectivity index (χ1v) is 13.8. The third-order valence-electron chi connectivity index (χ3n) is 7.24. The van der Waals surface area contributed by atoms with E-state index < -0.39 is 65.9 Å². The molecule has 1 unspecified atom stereocenters. The molecule has 0 saturated carbocycles. The van der Waals surface area contributed by atoms with Gasteiger partial charge in [0, 0.05) is 36.7 Å². The lowest BCUT2D eigenvalue weighted by Crippen LogP contribution is -2.60. The minimum absolute atomic E-state index is 0.0362. The normalized spacial score (nSPS) is 17.6. The van der Waals surface area contributed by atoms with E-state index >= 15 is 0 Å². The van der Waals surface area contributed by atoms with Gasteiger partial charge in [-0.1, -0.05) is 36.2 Å². The maximum atomic E-state index is 14.9. The third kappa shape index (κ3) is 8.40. The van der Waals surface area contributed by atoms with Gasteiger partial charge in [0.05, 0.1) is 6.20 Å². The molecule has 1 atom stereocenters. The molecule has 0 spiro atoms. The van der Waals surface area contributed by atoms with Crippen LogP contribution < -0.4 is 15.4 Å². The molecule has 2 amide bonds. The molecular weight excluding hydrogens is 635 g/mol. The maximum absolute atomic E-state index is 14.9. The van der Waals surface area contributed by atoms with Gasteiger partial charge >= 0.3 is 18.7 Å². The topological polar surface area (TPSA) is 85.2 Å². The Morgan fingerprint density at radius 2 is 1.61 bits per heavy atom. The Labute approximate surface area is 256 Å². The summed E-state index contributed by atoms with van der Waals surface area (Å²) in [5.74, 6) is -2.88. The second kappa shape index (κ2) is 13.1. The number of rotatable bonds is 10. The monoisotopic (exact) mass is 662 g/mol. The number of carbonyl (C=O) groups is 2. The highest BCUT2D eigenvalue weighted by Crippen LogP contribution is 2.48. The van der Waals surface area contributed by atoms with Crippen molar-refractivity contribution in [3.05, 3.63) is 88.9 Å².